The zero-order valence-electron chi connectivity index (χ0n) is 14.1. The van der Waals surface area contributed by atoms with Gasteiger partial charge in [-0.2, -0.15) is 0 Å². The van der Waals surface area contributed by atoms with Crippen molar-refractivity contribution >= 4 is 46.2 Å². The van der Waals surface area contributed by atoms with E-state index in [0.29, 0.717) is 15.2 Å². The Morgan fingerprint density at radius 2 is 1.72 bits per heavy atom. The fraction of sp³-hybridized carbons (Fsp3) is 0.316. The van der Waals surface area contributed by atoms with Gasteiger partial charge in [0, 0.05) is 37.7 Å². The summed E-state index contributed by atoms with van der Waals surface area (Å²) in [5.41, 5.74) is 3.40. The Kier molecular flexibility index (Phi) is 6.18. The molecule has 0 atom stereocenters. The zero-order chi connectivity index (χ0) is 17.8. The quantitative estimate of drug-likeness (QED) is 0.753. The number of hydrogen-bond acceptors (Lipinski definition) is 2. The van der Waals surface area contributed by atoms with E-state index in [2.05, 4.69) is 46.3 Å². The molecule has 132 valence electrons. The zero-order valence-corrected chi connectivity index (χ0v) is 16.5. The van der Waals surface area contributed by atoms with E-state index >= 15 is 0 Å². The molecule has 6 heteroatoms. The lowest BCUT2D eigenvalue weighted by molar-refractivity contribution is 0.177. The highest BCUT2D eigenvalue weighted by Crippen LogP contribution is 2.25. The largest absolute Gasteiger partial charge is 0.346 e. The number of halogens is 2. The molecule has 1 saturated heterocycles. The molecule has 0 spiro atoms. The SMILES string of the molecule is Cc1ccc(CN2CCN(C(=S)Nc3cc(Cl)ccc3Cl)CC2)cc1. The molecule has 1 aliphatic rings. The highest BCUT2D eigenvalue weighted by atomic mass is 35.5. The van der Waals surface area contributed by atoms with Crippen LogP contribution >= 0.6 is 35.4 Å². The summed E-state index contributed by atoms with van der Waals surface area (Å²) in [6.45, 7) is 6.86. The van der Waals surface area contributed by atoms with Crippen molar-refractivity contribution in [3.8, 4) is 0 Å². The number of nitrogens with one attached hydrogen (secondary N) is 1. The molecular formula is C19H21Cl2N3S. The predicted octanol–water partition coefficient (Wildman–Crippen LogP) is 4.82. The molecule has 1 N–H and O–H groups in total. The maximum Gasteiger partial charge on any atom is 0.173 e. The summed E-state index contributed by atoms with van der Waals surface area (Å²) in [6, 6.07) is 14.1. The maximum absolute atomic E-state index is 6.20. The average molecular weight is 394 g/mol. The van der Waals surface area contributed by atoms with Crippen LogP contribution in [0.5, 0.6) is 0 Å². The standard InChI is InChI=1S/C19H21Cl2N3S/c1-14-2-4-15(5-3-14)13-23-8-10-24(11-9-23)19(25)22-18-12-16(20)6-7-17(18)21/h2-7,12H,8-11,13H2,1H3,(H,22,25). The summed E-state index contributed by atoms with van der Waals surface area (Å²) < 4.78 is 0. The number of rotatable bonds is 3. The second kappa shape index (κ2) is 8.37. The molecule has 2 aromatic carbocycles. The molecule has 3 nitrogen and oxygen atoms in total. The van der Waals surface area contributed by atoms with Crippen LogP contribution in [0.4, 0.5) is 5.69 Å². The van der Waals surface area contributed by atoms with Crippen molar-refractivity contribution in [2.45, 2.75) is 13.5 Å². The van der Waals surface area contributed by atoms with Gasteiger partial charge in [-0.1, -0.05) is 53.0 Å². The Balaban J connectivity index is 1.52. The van der Waals surface area contributed by atoms with E-state index in [1.807, 2.05) is 0 Å². The van der Waals surface area contributed by atoms with Gasteiger partial charge in [0.25, 0.3) is 0 Å². The van der Waals surface area contributed by atoms with Gasteiger partial charge in [-0.3, -0.25) is 4.90 Å². The van der Waals surface area contributed by atoms with Crippen molar-refractivity contribution in [2.24, 2.45) is 0 Å². The second-order valence-corrected chi connectivity index (χ2v) is 7.53. The molecule has 0 amide bonds. The molecule has 2 aromatic rings. The fourth-order valence-electron chi connectivity index (χ4n) is 2.85. The summed E-state index contributed by atoms with van der Waals surface area (Å²) in [6.07, 6.45) is 0. The van der Waals surface area contributed by atoms with Gasteiger partial charge in [0.05, 0.1) is 10.7 Å². The Labute approximate surface area is 164 Å². The van der Waals surface area contributed by atoms with E-state index in [1.165, 1.54) is 11.1 Å². The lowest BCUT2D eigenvalue weighted by atomic mass is 10.1. The van der Waals surface area contributed by atoms with Crippen molar-refractivity contribution in [3.63, 3.8) is 0 Å². The van der Waals surface area contributed by atoms with Crippen LogP contribution in [0.15, 0.2) is 42.5 Å². The Hall–Kier alpha value is -1.33. The minimum absolute atomic E-state index is 0.616. The minimum Gasteiger partial charge on any atom is -0.346 e. The Morgan fingerprint density at radius 1 is 1.04 bits per heavy atom. The van der Waals surface area contributed by atoms with E-state index in [9.17, 15) is 0 Å². The number of aryl methyl sites for hydroxylation is 1. The number of anilines is 1. The smallest absolute Gasteiger partial charge is 0.173 e. The summed E-state index contributed by atoms with van der Waals surface area (Å²) >= 11 is 17.8. The van der Waals surface area contributed by atoms with E-state index in [4.69, 9.17) is 35.4 Å². The first-order valence-electron chi connectivity index (χ1n) is 8.30. The van der Waals surface area contributed by atoms with Crippen LogP contribution in [0.1, 0.15) is 11.1 Å². The number of benzene rings is 2. The highest BCUT2D eigenvalue weighted by Gasteiger charge is 2.19. The molecule has 1 heterocycles. The first-order chi connectivity index (χ1) is 12.0. The van der Waals surface area contributed by atoms with Crippen molar-refractivity contribution in [1.29, 1.82) is 0 Å². The summed E-state index contributed by atoms with van der Waals surface area (Å²) in [5.74, 6) is 0. The number of hydrogen-bond donors (Lipinski definition) is 1. The van der Waals surface area contributed by atoms with E-state index in [-0.39, 0.29) is 0 Å². The lowest BCUT2D eigenvalue weighted by Gasteiger charge is -2.36. The van der Waals surface area contributed by atoms with Crippen LogP contribution in [0.2, 0.25) is 10.0 Å². The molecule has 0 aliphatic carbocycles. The Bertz CT molecular complexity index is 741. The fourth-order valence-corrected chi connectivity index (χ4v) is 3.48. The van der Waals surface area contributed by atoms with Crippen molar-refractivity contribution < 1.29 is 0 Å². The molecule has 0 bridgehead atoms. The molecule has 0 saturated carbocycles. The molecule has 0 radical (unpaired) electrons. The van der Waals surface area contributed by atoms with E-state index in [0.717, 1.165) is 38.4 Å². The van der Waals surface area contributed by atoms with Gasteiger partial charge < -0.3 is 10.2 Å². The van der Waals surface area contributed by atoms with Crippen molar-refractivity contribution in [2.75, 3.05) is 31.5 Å². The average Bonchev–Trinajstić information content (AvgIpc) is 2.61. The van der Waals surface area contributed by atoms with Crippen LogP contribution < -0.4 is 5.32 Å². The number of nitrogens with zero attached hydrogens (tertiary/aromatic N) is 2. The monoisotopic (exact) mass is 393 g/mol. The number of thiocarbonyl (C=S) groups is 1. The third-order valence-electron chi connectivity index (χ3n) is 4.36. The van der Waals surface area contributed by atoms with Gasteiger partial charge in [0.1, 0.15) is 0 Å². The molecule has 1 fully saturated rings. The van der Waals surface area contributed by atoms with E-state index in [1.54, 1.807) is 18.2 Å². The molecule has 3 rings (SSSR count). The minimum atomic E-state index is 0.616. The maximum atomic E-state index is 6.20. The number of piperazine rings is 1. The van der Waals surface area contributed by atoms with Crippen molar-refractivity contribution in [3.05, 3.63) is 63.6 Å². The first kappa shape index (κ1) is 18.5. The summed E-state index contributed by atoms with van der Waals surface area (Å²) in [4.78, 5) is 4.63. The van der Waals surface area contributed by atoms with Gasteiger partial charge in [-0.25, -0.2) is 0 Å². The lowest BCUT2D eigenvalue weighted by Crippen LogP contribution is -2.49. The van der Waals surface area contributed by atoms with Gasteiger partial charge in [-0.15, -0.1) is 0 Å². The van der Waals surface area contributed by atoms with Crippen LogP contribution in [-0.2, 0) is 6.54 Å². The third-order valence-corrected chi connectivity index (χ3v) is 5.28. The van der Waals surface area contributed by atoms with Gasteiger partial charge in [0.15, 0.2) is 5.11 Å². The third kappa shape index (κ3) is 5.08. The molecule has 25 heavy (non-hydrogen) atoms. The van der Waals surface area contributed by atoms with Crippen LogP contribution in [0.3, 0.4) is 0 Å². The molecule has 1 aliphatic heterocycles. The second-order valence-electron chi connectivity index (χ2n) is 6.30. The summed E-state index contributed by atoms with van der Waals surface area (Å²) in [7, 11) is 0. The predicted molar refractivity (Wildman–Crippen MR) is 111 cm³/mol. The normalized spacial score (nSPS) is 15.2. The highest BCUT2D eigenvalue weighted by molar-refractivity contribution is 7.80. The first-order valence-corrected chi connectivity index (χ1v) is 9.46. The van der Waals surface area contributed by atoms with Crippen molar-refractivity contribution in [1.82, 2.24) is 9.80 Å². The Morgan fingerprint density at radius 3 is 2.40 bits per heavy atom. The topological polar surface area (TPSA) is 18.5 Å². The van der Waals surface area contributed by atoms with Gasteiger partial charge >= 0.3 is 0 Å². The molecule has 0 unspecified atom stereocenters. The van der Waals surface area contributed by atoms with Gasteiger partial charge in [0.2, 0.25) is 0 Å². The van der Waals surface area contributed by atoms with Crippen LogP contribution in [0, 0.1) is 6.92 Å². The molecular weight excluding hydrogens is 373 g/mol. The van der Waals surface area contributed by atoms with Crippen LogP contribution in [-0.4, -0.2) is 41.1 Å². The molecule has 0 aromatic heterocycles. The van der Waals surface area contributed by atoms with Crippen LogP contribution in [0.25, 0.3) is 0 Å². The van der Waals surface area contributed by atoms with E-state index < -0.39 is 0 Å². The van der Waals surface area contributed by atoms with Gasteiger partial charge in [-0.05, 0) is 42.9 Å². The summed E-state index contributed by atoms with van der Waals surface area (Å²) in [5, 5.41) is 5.16.